The van der Waals surface area contributed by atoms with Crippen LogP contribution in [0.1, 0.15) is 86.1 Å². The first kappa shape index (κ1) is 40.3. The van der Waals surface area contributed by atoms with Crippen molar-refractivity contribution in [1.82, 2.24) is 10.6 Å². The summed E-state index contributed by atoms with van der Waals surface area (Å²) in [5.74, 6) is -0.440. The fourth-order valence-corrected chi connectivity index (χ4v) is 4.64. The lowest BCUT2D eigenvalue weighted by atomic mass is 9.82. The van der Waals surface area contributed by atoms with Crippen molar-refractivity contribution in [3.8, 4) is 11.5 Å². The molecule has 0 unspecified atom stereocenters. The number of hydrogen-bond donors (Lipinski definition) is 3. The second-order valence-electron chi connectivity index (χ2n) is 12.9. The molecule has 0 bridgehead atoms. The van der Waals surface area contributed by atoms with E-state index in [4.69, 9.17) is 18.9 Å². The molecule has 12 heteroatoms. The quantitative estimate of drug-likeness (QED) is 0.139. The van der Waals surface area contributed by atoms with Crippen molar-refractivity contribution in [3.63, 3.8) is 0 Å². The molecule has 1 rings (SSSR count). The molecule has 45 heavy (non-hydrogen) atoms. The van der Waals surface area contributed by atoms with Gasteiger partial charge in [-0.15, -0.1) is 0 Å². The Morgan fingerprint density at radius 3 is 2.24 bits per heavy atom. The van der Waals surface area contributed by atoms with Crippen molar-refractivity contribution in [2.24, 2.45) is 17.8 Å². The maximum absolute atomic E-state index is 12.9. The summed E-state index contributed by atoms with van der Waals surface area (Å²) >= 11 is 0. The Bertz CT molecular complexity index is 1010. The molecular formula is C33H55F3N2O7. The van der Waals surface area contributed by atoms with Crippen LogP contribution in [0, 0.1) is 17.8 Å². The Labute approximate surface area is 266 Å². The van der Waals surface area contributed by atoms with Crippen LogP contribution >= 0.6 is 0 Å². The number of alkyl halides is 3. The molecule has 0 saturated heterocycles. The van der Waals surface area contributed by atoms with E-state index in [0.717, 1.165) is 18.4 Å². The summed E-state index contributed by atoms with van der Waals surface area (Å²) < 4.78 is 59.9. The van der Waals surface area contributed by atoms with E-state index in [-0.39, 0.29) is 42.3 Å². The van der Waals surface area contributed by atoms with Crippen LogP contribution in [-0.4, -0.2) is 74.5 Å². The maximum Gasteiger partial charge on any atom is 0.422 e. The van der Waals surface area contributed by atoms with Crippen molar-refractivity contribution >= 4 is 12.0 Å². The van der Waals surface area contributed by atoms with Gasteiger partial charge < -0.3 is 34.7 Å². The number of nitrogens with one attached hydrogen (secondary N) is 2. The topological polar surface area (TPSA) is 115 Å². The van der Waals surface area contributed by atoms with Gasteiger partial charge in [0.2, 0.25) is 5.91 Å². The first-order valence-corrected chi connectivity index (χ1v) is 15.8. The fourth-order valence-electron chi connectivity index (χ4n) is 4.64. The van der Waals surface area contributed by atoms with Crippen molar-refractivity contribution in [2.45, 2.75) is 111 Å². The van der Waals surface area contributed by atoms with Gasteiger partial charge in [-0.3, -0.25) is 4.79 Å². The van der Waals surface area contributed by atoms with Gasteiger partial charge in [0.25, 0.3) is 0 Å². The fraction of sp³-hybridized carbons (Fsp3) is 0.758. The molecule has 0 heterocycles. The van der Waals surface area contributed by atoms with Crippen molar-refractivity contribution in [1.29, 1.82) is 0 Å². The van der Waals surface area contributed by atoms with Crippen LogP contribution in [0.5, 0.6) is 11.5 Å². The number of aliphatic hydroxyl groups excluding tert-OH is 1. The van der Waals surface area contributed by atoms with Gasteiger partial charge in [-0.2, -0.15) is 13.2 Å². The number of alkyl carbamates (subject to hydrolysis) is 1. The second-order valence-corrected chi connectivity index (χ2v) is 12.9. The minimum atomic E-state index is -4.50. The number of ether oxygens (including phenoxy) is 4. The van der Waals surface area contributed by atoms with E-state index in [1.54, 1.807) is 46.9 Å². The molecule has 0 aliphatic rings. The highest BCUT2D eigenvalue weighted by atomic mass is 19.4. The number of aliphatic hydroxyl groups is 1. The number of carbonyl (C=O) groups is 2. The van der Waals surface area contributed by atoms with Gasteiger partial charge in [-0.1, -0.05) is 40.2 Å². The summed E-state index contributed by atoms with van der Waals surface area (Å²) in [4.78, 5) is 25.4. The number of unbranched alkanes of at least 4 members (excludes halogenated alkanes) is 1. The number of methoxy groups -OCH3 is 1. The normalized spacial score (nSPS) is 14.8. The van der Waals surface area contributed by atoms with Gasteiger partial charge in [-0.05, 0) is 76.0 Å². The van der Waals surface area contributed by atoms with Gasteiger partial charge in [0, 0.05) is 32.6 Å². The molecule has 0 radical (unpaired) electrons. The standard InChI is InChI=1S/C33H55F3N2O7/c1-9-10-14-37-30(40)23(4)17-27(39)26(38-31(41)45-32(5,6)7)20-25(22(2)3)18-24-12-13-28(44-21-33(34,35)36)29(19-24)43-16-11-15-42-8/h12-13,19,22-23,25-27,39H,9-11,14-18,20-21H2,1-8H3,(H,37,40)(H,38,41)/t23-,25+,26+,27+/m1/s1. The predicted molar refractivity (Wildman–Crippen MR) is 167 cm³/mol. The van der Waals surface area contributed by atoms with Gasteiger partial charge in [0.1, 0.15) is 5.60 Å². The molecule has 260 valence electrons. The third-order valence-electron chi connectivity index (χ3n) is 7.19. The SMILES string of the molecule is CCCCNC(=O)[C@H](C)C[C@H](O)[C@H](C[C@H](Cc1ccc(OCC(F)(F)F)c(OCCCOC)c1)C(C)C)NC(=O)OC(C)(C)C. The van der Waals surface area contributed by atoms with Gasteiger partial charge in [0.15, 0.2) is 18.1 Å². The third-order valence-corrected chi connectivity index (χ3v) is 7.19. The monoisotopic (exact) mass is 648 g/mol. The summed E-state index contributed by atoms with van der Waals surface area (Å²) in [5.41, 5.74) is 0.0444. The number of hydrogen-bond acceptors (Lipinski definition) is 7. The molecule has 0 fully saturated rings. The molecule has 2 amide bonds. The molecule has 0 aromatic heterocycles. The molecule has 0 aliphatic carbocycles. The third kappa shape index (κ3) is 17.5. The molecule has 0 aliphatic heterocycles. The summed E-state index contributed by atoms with van der Waals surface area (Å²) in [6.07, 6.45) is -2.89. The van der Waals surface area contributed by atoms with E-state index in [1.165, 1.54) is 6.07 Å². The summed E-state index contributed by atoms with van der Waals surface area (Å²) in [5, 5.41) is 17.0. The molecule has 1 aromatic rings. The zero-order valence-corrected chi connectivity index (χ0v) is 28.2. The number of benzene rings is 1. The van der Waals surface area contributed by atoms with Crippen LogP contribution < -0.4 is 20.1 Å². The molecule has 1 aromatic carbocycles. The summed E-state index contributed by atoms with van der Waals surface area (Å²) in [6, 6.07) is 4.10. The number of halogens is 3. The van der Waals surface area contributed by atoms with E-state index < -0.39 is 42.5 Å². The molecule has 9 nitrogen and oxygen atoms in total. The van der Waals surface area contributed by atoms with E-state index >= 15 is 0 Å². The lowest BCUT2D eigenvalue weighted by molar-refractivity contribution is -0.153. The highest BCUT2D eigenvalue weighted by molar-refractivity contribution is 5.78. The Morgan fingerprint density at radius 1 is 0.978 bits per heavy atom. The summed E-state index contributed by atoms with van der Waals surface area (Å²) in [7, 11) is 1.55. The molecule has 0 spiro atoms. The maximum atomic E-state index is 12.9. The molecule has 0 saturated carbocycles. The number of carbonyl (C=O) groups excluding carboxylic acids is 2. The first-order chi connectivity index (χ1) is 21.0. The minimum absolute atomic E-state index is 0.0133. The number of amides is 2. The van der Waals surface area contributed by atoms with Crippen molar-refractivity contribution in [3.05, 3.63) is 23.8 Å². The smallest absolute Gasteiger partial charge is 0.422 e. The zero-order valence-electron chi connectivity index (χ0n) is 28.2. The van der Waals surface area contributed by atoms with Gasteiger partial charge in [-0.25, -0.2) is 4.79 Å². The average Bonchev–Trinajstić information content (AvgIpc) is 2.92. The lowest BCUT2D eigenvalue weighted by Crippen LogP contribution is -2.48. The van der Waals surface area contributed by atoms with Gasteiger partial charge in [0.05, 0.1) is 18.8 Å². The minimum Gasteiger partial charge on any atom is -0.490 e. The first-order valence-electron chi connectivity index (χ1n) is 15.8. The highest BCUT2D eigenvalue weighted by Gasteiger charge is 2.32. The van der Waals surface area contributed by atoms with Crippen LogP contribution in [0.25, 0.3) is 0 Å². The highest BCUT2D eigenvalue weighted by Crippen LogP contribution is 2.33. The Morgan fingerprint density at radius 2 is 1.67 bits per heavy atom. The molecular weight excluding hydrogens is 593 g/mol. The van der Waals surface area contributed by atoms with Crippen LogP contribution in [0.4, 0.5) is 18.0 Å². The van der Waals surface area contributed by atoms with E-state index in [1.807, 2.05) is 20.8 Å². The predicted octanol–water partition coefficient (Wildman–Crippen LogP) is 6.44. The van der Waals surface area contributed by atoms with Gasteiger partial charge >= 0.3 is 12.3 Å². The van der Waals surface area contributed by atoms with Crippen molar-refractivity contribution in [2.75, 3.05) is 33.5 Å². The van der Waals surface area contributed by atoms with E-state index in [0.29, 0.717) is 32.4 Å². The lowest BCUT2D eigenvalue weighted by Gasteiger charge is -2.32. The van der Waals surface area contributed by atoms with Crippen LogP contribution in [0.2, 0.25) is 0 Å². The average molecular weight is 649 g/mol. The largest absolute Gasteiger partial charge is 0.490 e. The summed E-state index contributed by atoms with van der Waals surface area (Å²) in [6.45, 7) is 12.8. The van der Waals surface area contributed by atoms with Crippen LogP contribution in [0.15, 0.2) is 18.2 Å². The Hall–Kier alpha value is -2.73. The second kappa shape index (κ2) is 19.7. The van der Waals surface area contributed by atoms with E-state index in [9.17, 15) is 27.9 Å². The number of rotatable bonds is 20. The van der Waals surface area contributed by atoms with Crippen LogP contribution in [0.3, 0.4) is 0 Å². The van der Waals surface area contributed by atoms with E-state index in [2.05, 4.69) is 10.6 Å². The Kier molecular flexibility index (Phi) is 17.6. The zero-order chi connectivity index (χ0) is 34.2. The molecule has 4 atom stereocenters. The Balaban J connectivity index is 3.21. The van der Waals surface area contributed by atoms with Crippen LogP contribution in [-0.2, 0) is 20.7 Å². The van der Waals surface area contributed by atoms with Crippen molar-refractivity contribution < 1.29 is 46.8 Å². The molecule has 3 N–H and O–H groups in total.